The van der Waals surface area contributed by atoms with Gasteiger partial charge in [0.1, 0.15) is 5.60 Å². The van der Waals surface area contributed by atoms with Gasteiger partial charge in [-0.25, -0.2) is 15.6 Å². The summed E-state index contributed by atoms with van der Waals surface area (Å²) in [5, 5.41) is 9.28. The number of hydrazine groups is 1. The highest BCUT2D eigenvalue weighted by molar-refractivity contribution is 5.74. The molecule has 0 saturated heterocycles. The summed E-state index contributed by atoms with van der Waals surface area (Å²) in [7, 11) is 0. The van der Waals surface area contributed by atoms with Gasteiger partial charge in [-0.2, -0.15) is 14.0 Å². The number of carbonyl (C=O) groups excluding carboxylic acids is 1. The Labute approximate surface area is 127 Å². The van der Waals surface area contributed by atoms with Crippen LogP contribution in [-0.2, 0) is 4.74 Å². The number of nitrogens with zero attached hydrogens (tertiary/aromatic N) is 2. The summed E-state index contributed by atoms with van der Waals surface area (Å²) in [4.78, 5) is 11.7. The molecule has 0 saturated carbocycles. The predicted molar refractivity (Wildman–Crippen MR) is 77.4 cm³/mol. The summed E-state index contributed by atoms with van der Waals surface area (Å²) in [5.41, 5.74) is -0.656. The lowest BCUT2D eigenvalue weighted by atomic mass is 10.1. The number of ether oxygens (including phenoxy) is 1. The lowest BCUT2D eigenvalue weighted by Gasteiger charge is -2.24. The van der Waals surface area contributed by atoms with E-state index in [0.717, 1.165) is 0 Å². The smallest absolute Gasteiger partial charge is 0.424 e. The molecule has 7 heteroatoms. The van der Waals surface area contributed by atoms with Gasteiger partial charge in [-0.1, -0.05) is 12.1 Å². The van der Waals surface area contributed by atoms with Crippen molar-refractivity contribution in [3.63, 3.8) is 0 Å². The van der Waals surface area contributed by atoms with E-state index in [-0.39, 0.29) is 5.56 Å². The second-order valence-corrected chi connectivity index (χ2v) is 5.54. The van der Waals surface area contributed by atoms with Crippen molar-refractivity contribution in [2.75, 3.05) is 6.54 Å². The third kappa shape index (κ3) is 5.14. The molecule has 0 aromatic heterocycles. The van der Waals surface area contributed by atoms with Crippen LogP contribution in [0.25, 0.3) is 5.57 Å². The Balaban J connectivity index is 2.92. The number of rotatable bonds is 3. The Morgan fingerprint density at radius 1 is 1.32 bits per heavy atom. The Morgan fingerprint density at radius 2 is 1.86 bits per heavy atom. The maximum absolute atomic E-state index is 13.1. The van der Waals surface area contributed by atoms with Crippen molar-refractivity contribution in [3.8, 4) is 6.07 Å². The Kier molecular flexibility index (Phi) is 5.60. The molecule has 0 spiro atoms. The fourth-order valence-electron chi connectivity index (χ4n) is 1.56. The van der Waals surface area contributed by atoms with Crippen LogP contribution < -0.4 is 5.84 Å². The number of benzene rings is 1. The van der Waals surface area contributed by atoms with E-state index in [1.807, 2.05) is 6.07 Å². The molecule has 1 amide bonds. The van der Waals surface area contributed by atoms with E-state index in [2.05, 4.69) is 0 Å². The average Bonchev–Trinajstić information content (AvgIpc) is 2.42. The minimum atomic E-state index is -1.95. The predicted octanol–water partition coefficient (Wildman–Crippen LogP) is 3.28. The summed E-state index contributed by atoms with van der Waals surface area (Å²) in [6, 6.07) is 7.45. The second-order valence-electron chi connectivity index (χ2n) is 5.54. The van der Waals surface area contributed by atoms with Crippen LogP contribution in [0.15, 0.2) is 30.3 Å². The summed E-state index contributed by atoms with van der Waals surface area (Å²) < 4.78 is 31.2. The van der Waals surface area contributed by atoms with Gasteiger partial charge in [-0.15, -0.1) is 0 Å². The minimum Gasteiger partial charge on any atom is -0.443 e. The maximum atomic E-state index is 13.1. The van der Waals surface area contributed by atoms with Gasteiger partial charge in [0.25, 0.3) is 6.08 Å². The highest BCUT2D eigenvalue weighted by Gasteiger charge is 2.22. The first-order valence-corrected chi connectivity index (χ1v) is 6.44. The molecule has 0 heterocycles. The van der Waals surface area contributed by atoms with Crippen LogP contribution in [0, 0.1) is 11.3 Å². The fraction of sp³-hybridized carbons (Fsp3) is 0.333. The first-order chi connectivity index (χ1) is 10.1. The summed E-state index contributed by atoms with van der Waals surface area (Å²) in [6.07, 6.45) is -2.86. The van der Waals surface area contributed by atoms with Crippen molar-refractivity contribution < 1.29 is 18.3 Å². The molecule has 22 heavy (non-hydrogen) atoms. The van der Waals surface area contributed by atoms with Crippen LogP contribution in [0.3, 0.4) is 0 Å². The van der Waals surface area contributed by atoms with E-state index in [4.69, 9.17) is 15.8 Å². The molecule has 0 aliphatic heterocycles. The van der Waals surface area contributed by atoms with Crippen molar-refractivity contribution >= 4 is 11.7 Å². The maximum Gasteiger partial charge on any atom is 0.424 e. The molecule has 0 aliphatic carbocycles. The van der Waals surface area contributed by atoms with Gasteiger partial charge >= 0.3 is 6.09 Å². The van der Waals surface area contributed by atoms with Crippen LogP contribution >= 0.6 is 0 Å². The summed E-state index contributed by atoms with van der Waals surface area (Å²) >= 11 is 0. The van der Waals surface area contributed by atoms with Crippen molar-refractivity contribution in [1.82, 2.24) is 5.01 Å². The lowest BCUT2D eigenvalue weighted by Crippen LogP contribution is -2.42. The van der Waals surface area contributed by atoms with Crippen molar-refractivity contribution in [2.24, 2.45) is 5.84 Å². The van der Waals surface area contributed by atoms with Gasteiger partial charge < -0.3 is 4.74 Å². The molecule has 0 aliphatic rings. The SMILES string of the molecule is CC(C)(C)OC(=O)N(N)CC(=C(F)F)c1ccc(C#N)cc1. The number of nitriles is 1. The zero-order valence-electron chi connectivity index (χ0n) is 12.6. The molecule has 0 atom stereocenters. The van der Waals surface area contributed by atoms with E-state index >= 15 is 0 Å². The third-order valence-corrected chi connectivity index (χ3v) is 2.55. The Bertz CT molecular complexity index is 609. The molecule has 0 bridgehead atoms. The third-order valence-electron chi connectivity index (χ3n) is 2.55. The van der Waals surface area contributed by atoms with E-state index in [1.165, 1.54) is 24.3 Å². The van der Waals surface area contributed by atoms with Crippen molar-refractivity contribution in [1.29, 1.82) is 5.26 Å². The monoisotopic (exact) mass is 309 g/mol. The summed E-state index contributed by atoms with van der Waals surface area (Å²) in [5.74, 6) is 5.50. The van der Waals surface area contributed by atoms with Crippen LogP contribution in [0.1, 0.15) is 31.9 Å². The molecule has 1 aromatic carbocycles. The minimum absolute atomic E-state index is 0.179. The molecule has 0 unspecified atom stereocenters. The number of hydrogen-bond donors (Lipinski definition) is 1. The highest BCUT2D eigenvalue weighted by atomic mass is 19.3. The first-order valence-electron chi connectivity index (χ1n) is 6.44. The van der Waals surface area contributed by atoms with Gasteiger partial charge in [0.15, 0.2) is 0 Å². The normalized spacial score (nSPS) is 10.6. The van der Waals surface area contributed by atoms with Crippen LogP contribution in [0.5, 0.6) is 0 Å². The average molecular weight is 309 g/mol. The van der Waals surface area contributed by atoms with E-state index in [1.54, 1.807) is 20.8 Å². The standard InChI is InChI=1S/C15H17F2N3O2/c1-15(2,3)22-14(21)20(19)9-12(13(16)17)11-6-4-10(8-18)5-7-11/h4-7H,9,19H2,1-3H3. The van der Waals surface area contributed by atoms with Gasteiger partial charge in [0, 0.05) is 5.57 Å². The number of hydrogen-bond acceptors (Lipinski definition) is 4. The highest BCUT2D eigenvalue weighted by Crippen LogP contribution is 2.22. The Morgan fingerprint density at radius 3 is 2.27 bits per heavy atom. The van der Waals surface area contributed by atoms with E-state index in [9.17, 15) is 13.6 Å². The first kappa shape index (κ1) is 17.6. The lowest BCUT2D eigenvalue weighted by molar-refractivity contribution is 0.0273. The van der Waals surface area contributed by atoms with Crippen LogP contribution in [0.4, 0.5) is 13.6 Å². The number of amides is 1. The van der Waals surface area contributed by atoms with Gasteiger partial charge in [0.2, 0.25) is 0 Å². The molecule has 5 nitrogen and oxygen atoms in total. The number of halogens is 2. The zero-order chi connectivity index (χ0) is 16.9. The topological polar surface area (TPSA) is 79.3 Å². The zero-order valence-corrected chi connectivity index (χ0v) is 12.6. The largest absolute Gasteiger partial charge is 0.443 e. The van der Waals surface area contributed by atoms with Crippen LogP contribution in [0.2, 0.25) is 0 Å². The quantitative estimate of drug-likeness (QED) is 0.528. The van der Waals surface area contributed by atoms with Crippen molar-refractivity contribution in [2.45, 2.75) is 26.4 Å². The molecule has 1 rings (SSSR count). The van der Waals surface area contributed by atoms with Crippen molar-refractivity contribution in [3.05, 3.63) is 41.5 Å². The van der Waals surface area contributed by atoms with Gasteiger partial charge in [-0.05, 0) is 38.5 Å². The molecular weight excluding hydrogens is 292 g/mol. The number of nitrogens with two attached hydrogens (primary N) is 1. The molecular formula is C15H17F2N3O2. The molecule has 0 fully saturated rings. The molecule has 118 valence electrons. The summed E-state index contributed by atoms with van der Waals surface area (Å²) in [6.45, 7) is 4.42. The molecule has 2 N–H and O–H groups in total. The fourth-order valence-corrected chi connectivity index (χ4v) is 1.56. The van der Waals surface area contributed by atoms with Crippen LogP contribution in [-0.4, -0.2) is 23.2 Å². The van der Waals surface area contributed by atoms with E-state index in [0.29, 0.717) is 10.6 Å². The Hall–Kier alpha value is -2.46. The van der Waals surface area contributed by atoms with Gasteiger partial charge in [0.05, 0.1) is 18.2 Å². The van der Waals surface area contributed by atoms with E-state index < -0.39 is 29.9 Å². The molecule has 0 radical (unpaired) electrons. The number of carbonyl (C=O) groups is 1. The second kappa shape index (κ2) is 7.00. The molecule has 1 aromatic rings. The van der Waals surface area contributed by atoms with Gasteiger partial charge in [-0.3, -0.25) is 0 Å².